The Kier molecular flexibility index (Phi) is 4.21. The SMILES string of the molecule is Brc1ccc(I)c(I)c1I. The molecule has 0 aliphatic rings. The van der Waals surface area contributed by atoms with Gasteiger partial charge in [0.15, 0.2) is 0 Å². The maximum absolute atomic E-state index is 3.46. The summed E-state index contributed by atoms with van der Waals surface area (Å²) < 4.78 is 5.11. The van der Waals surface area contributed by atoms with Gasteiger partial charge in [0.1, 0.15) is 0 Å². The van der Waals surface area contributed by atoms with Gasteiger partial charge in [0.2, 0.25) is 0 Å². The van der Waals surface area contributed by atoms with E-state index in [0.29, 0.717) is 0 Å². The molecule has 0 N–H and O–H groups in total. The van der Waals surface area contributed by atoms with Crippen LogP contribution in [0.15, 0.2) is 16.6 Å². The van der Waals surface area contributed by atoms with Gasteiger partial charge in [0.05, 0.1) is 0 Å². The summed E-state index contributed by atoms with van der Waals surface area (Å²) in [5.41, 5.74) is 0. The Morgan fingerprint density at radius 3 is 2.10 bits per heavy atom. The fourth-order valence-corrected chi connectivity index (χ4v) is 3.11. The second kappa shape index (κ2) is 4.22. The maximum Gasteiger partial charge on any atom is 0.0416 e. The molecule has 0 nitrogen and oxygen atoms in total. The van der Waals surface area contributed by atoms with Crippen LogP contribution in [0, 0.1) is 10.7 Å². The van der Waals surface area contributed by atoms with E-state index >= 15 is 0 Å². The molecule has 0 amide bonds. The maximum atomic E-state index is 3.46. The number of rotatable bonds is 0. The molecule has 0 heterocycles. The van der Waals surface area contributed by atoms with Crippen molar-refractivity contribution in [2.45, 2.75) is 0 Å². The summed E-state index contributed by atoms with van der Waals surface area (Å²) in [7, 11) is 0. The Hall–Kier alpha value is 1.89. The normalized spacial score (nSPS) is 10.0. The van der Waals surface area contributed by atoms with E-state index in [1.807, 2.05) is 0 Å². The van der Waals surface area contributed by atoms with E-state index in [2.05, 4.69) is 95.8 Å². The third-order valence-electron chi connectivity index (χ3n) is 0.988. The van der Waals surface area contributed by atoms with E-state index in [4.69, 9.17) is 0 Å². The summed E-state index contributed by atoms with van der Waals surface area (Å²) in [6.45, 7) is 0. The molecule has 0 aromatic heterocycles. The average Bonchev–Trinajstić information content (AvgIpc) is 1.93. The molecule has 0 saturated heterocycles. The highest BCUT2D eigenvalue weighted by Crippen LogP contribution is 2.27. The molecule has 4 heteroatoms. The Balaban J connectivity index is 3.34. The monoisotopic (exact) mass is 534 g/mol. The molecule has 0 atom stereocenters. The second-order valence-electron chi connectivity index (χ2n) is 1.66. The molecule has 54 valence electrons. The van der Waals surface area contributed by atoms with Gasteiger partial charge in [-0.25, -0.2) is 0 Å². The van der Waals surface area contributed by atoms with E-state index in [-0.39, 0.29) is 0 Å². The standard InChI is InChI=1S/C6H2BrI3/c7-3-1-2-4(8)6(10)5(3)9/h1-2H. The van der Waals surface area contributed by atoms with Crippen LogP contribution in [0.5, 0.6) is 0 Å². The van der Waals surface area contributed by atoms with E-state index in [0.717, 1.165) is 0 Å². The molecule has 0 unspecified atom stereocenters. The molecule has 0 bridgehead atoms. The van der Waals surface area contributed by atoms with E-state index in [1.165, 1.54) is 15.2 Å². The summed E-state index contributed by atoms with van der Waals surface area (Å²) in [4.78, 5) is 0. The molecule has 0 spiro atoms. The van der Waals surface area contributed by atoms with Gasteiger partial charge in [-0.1, -0.05) is 0 Å². The van der Waals surface area contributed by atoms with Crippen LogP contribution in [0.25, 0.3) is 0 Å². The predicted octanol–water partition coefficient (Wildman–Crippen LogP) is 4.26. The zero-order chi connectivity index (χ0) is 7.72. The Labute approximate surface area is 109 Å². The third-order valence-corrected chi connectivity index (χ3v) is 7.59. The minimum absolute atomic E-state index is 1.18. The zero-order valence-corrected chi connectivity index (χ0v) is 12.7. The first-order chi connectivity index (χ1) is 4.63. The Bertz CT molecular complexity index is 232. The van der Waals surface area contributed by atoms with Crippen molar-refractivity contribution in [1.82, 2.24) is 0 Å². The zero-order valence-electron chi connectivity index (χ0n) is 4.67. The second-order valence-corrected chi connectivity index (χ2v) is 5.83. The van der Waals surface area contributed by atoms with Crippen LogP contribution in [0.4, 0.5) is 0 Å². The van der Waals surface area contributed by atoms with Crippen LogP contribution >= 0.6 is 83.7 Å². The summed E-state index contributed by atoms with van der Waals surface area (Å²) in [6.07, 6.45) is 0. The lowest BCUT2D eigenvalue weighted by atomic mass is 10.4. The minimum atomic E-state index is 1.18. The fourth-order valence-electron chi connectivity index (χ4n) is 0.502. The van der Waals surface area contributed by atoms with Crippen molar-refractivity contribution in [3.63, 3.8) is 0 Å². The number of benzene rings is 1. The first kappa shape index (κ1) is 9.97. The van der Waals surface area contributed by atoms with Gasteiger partial charge in [0, 0.05) is 15.2 Å². The summed E-state index contributed by atoms with van der Waals surface area (Å²) >= 11 is 10.5. The first-order valence-electron chi connectivity index (χ1n) is 2.42. The molecule has 1 aromatic rings. The van der Waals surface area contributed by atoms with Gasteiger partial charge in [-0.2, -0.15) is 0 Å². The Morgan fingerprint density at radius 1 is 1.00 bits per heavy atom. The Morgan fingerprint density at radius 2 is 1.60 bits per heavy atom. The number of hydrogen-bond acceptors (Lipinski definition) is 0. The minimum Gasteiger partial charge on any atom is -0.0496 e. The topological polar surface area (TPSA) is 0 Å². The van der Waals surface area contributed by atoms with Gasteiger partial charge in [-0.05, 0) is 95.8 Å². The van der Waals surface area contributed by atoms with E-state index in [1.54, 1.807) is 0 Å². The lowest BCUT2D eigenvalue weighted by Crippen LogP contribution is -1.84. The molecule has 1 rings (SSSR count). The van der Waals surface area contributed by atoms with Crippen LogP contribution in [0.3, 0.4) is 0 Å². The number of halogens is 4. The van der Waals surface area contributed by atoms with Crippen LogP contribution in [0.1, 0.15) is 0 Å². The molecular formula is C6H2BrI3. The first-order valence-corrected chi connectivity index (χ1v) is 6.45. The largest absolute Gasteiger partial charge is 0.0496 e. The summed E-state index contributed by atoms with van der Waals surface area (Å²) in [5, 5.41) is 0. The van der Waals surface area contributed by atoms with Crippen molar-refractivity contribution in [2.75, 3.05) is 0 Å². The quantitative estimate of drug-likeness (QED) is 0.265. The highest BCUT2D eigenvalue weighted by atomic mass is 127. The smallest absolute Gasteiger partial charge is 0.0416 e. The van der Waals surface area contributed by atoms with Gasteiger partial charge in [-0.3, -0.25) is 0 Å². The highest BCUT2D eigenvalue weighted by molar-refractivity contribution is 14.1. The van der Waals surface area contributed by atoms with E-state index < -0.39 is 0 Å². The molecule has 0 fully saturated rings. The fraction of sp³-hybridized carbons (Fsp3) is 0. The van der Waals surface area contributed by atoms with Crippen molar-refractivity contribution < 1.29 is 0 Å². The van der Waals surface area contributed by atoms with Crippen molar-refractivity contribution >= 4 is 83.7 Å². The van der Waals surface area contributed by atoms with Gasteiger partial charge in [-0.15, -0.1) is 0 Å². The highest BCUT2D eigenvalue weighted by Gasteiger charge is 2.03. The van der Waals surface area contributed by atoms with Gasteiger partial charge >= 0.3 is 0 Å². The van der Waals surface area contributed by atoms with Crippen LogP contribution in [-0.4, -0.2) is 0 Å². The molecule has 1 aromatic carbocycles. The lowest BCUT2D eigenvalue weighted by Gasteiger charge is -2.00. The van der Waals surface area contributed by atoms with Crippen LogP contribution in [-0.2, 0) is 0 Å². The summed E-state index contributed by atoms with van der Waals surface area (Å²) in [6, 6.07) is 4.18. The lowest BCUT2D eigenvalue weighted by molar-refractivity contribution is 1.48. The molecule has 10 heavy (non-hydrogen) atoms. The predicted molar refractivity (Wildman–Crippen MR) is 72.3 cm³/mol. The molecule has 0 radical (unpaired) electrons. The molecular weight excluding hydrogens is 533 g/mol. The van der Waals surface area contributed by atoms with Crippen molar-refractivity contribution in [3.05, 3.63) is 27.3 Å². The average molecular weight is 535 g/mol. The van der Waals surface area contributed by atoms with Crippen LogP contribution < -0.4 is 0 Å². The third kappa shape index (κ3) is 2.19. The summed E-state index contributed by atoms with van der Waals surface area (Å²) in [5.74, 6) is 0. The molecule has 0 aliphatic carbocycles. The van der Waals surface area contributed by atoms with E-state index in [9.17, 15) is 0 Å². The van der Waals surface area contributed by atoms with Gasteiger partial charge in [0.25, 0.3) is 0 Å². The molecule has 0 aliphatic heterocycles. The van der Waals surface area contributed by atoms with Crippen molar-refractivity contribution in [3.8, 4) is 0 Å². The van der Waals surface area contributed by atoms with Crippen LogP contribution in [0.2, 0.25) is 0 Å². The van der Waals surface area contributed by atoms with Crippen molar-refractivity contribution in [1.29, 1.82) is 0 Å². The van der Waals surface area contributed by atoms with Gasteiger partial charge < -0.3 is 0 Å². The van der Waals surface area contributed by atoms with Crippen molar-refractivity contribution in [2.24, 2.45) is 0 Å². The molecule has 0 saturated carbocycles. The number of hydrogen-bond donors (Lipinski definition) is 0.